The minimum Gasteiger partial charge on any atom is -0.798 e. The molecule has 8 heteroatoms. The summed E-state index contributed by atoms with van der Waals surface area (Å²) in [7, 11) is -5.40. The smallest absolute Gasteiger partial charge is 0.288 e. The predicted molar refractivity (Wildman–Crippen MR) is 19.2 cm³/mol. The van der Waals surface area contributed by atoms with E-state index in [2.05, 4.69) is 0 Å². The Morgan fingerprint density at radius 1 is 1.38 bits per heavy atom. The lowest BCUT2D eigenvalue weighted by atomic mass is 15.8. The second kappa shape index (κ2) is 1.78. The highest BCUT2D eigenvalue weighted by atomic mass is 32.8. The van der Waals surface area contributed by atoms with Crippen LogP contribution in [0.2, 0.25) is 0 Å². The average molecular weight is 160 g/mol. The van der Waals surface area contributed by atoms with Crippen LogP contribution in [-0.4, -0.2) is 13.0 Å². The molecule has 0 aromatic carbocycles. The van der Waals surface area contributed by atoms with Gasteiger partial charge in [0, 0.05) is 0 Å². The number of hydrogen-bond donors (Lipinski definition) is 1. The normalized spacial score (nSPS) is 13.9. The van der Waals surface area contributed by atoms with Crippen molar-refractivity contribution in [2.75, 3.05) is 0 Å². The molecule has 0 radical (unpaired) electrons. The van der Waals surface area contributed by atoms with Crippen molar-refractivity contribution < 1.29 is 27.3 Å². The minimum absolute atomic E-state index is 5.40. The lowest BCUT2D eigenvalue weighted by molar-refractivity contribution is -0.304. The molecule has 0 aliphatic carbocycles. The lowest BCUT2D eigenvalue weighted by Gasteiger charge is -2.23. The maximum atomic E-state index is 9.32. The van der Waals surface area contributed by atoms with Gasteiger partial charge in [0.25, 0.3) is 9.74 Å². The minimum atomic E-state index is -5.82. The van der Waals surface area contributed by atoms with Crippen molar-refractivity contribution in [3.8, 4) is 0 Å². The molecule has 0 bridgehead atoms. The molecule has 0 saturated heterocycles. The predicted octanol–water partition coefficient (Wildman–Crippen LogP) is -2.30. The van der Waals surface area contributed by atoms with E-state index in [1.54, 1.807) is 0 Å². The van der Waals surface area contributed by atoms with Gasteiger partial charge in [0.05, 0.1) is 6.80 Å². The Balaban J connectivity index is 4.84. The van der Waals surface area contributed by atoms with Crippen LogP contribution in [0, 0.1) is 0 Å². The molecule has 0 saturated carbocycles. The third-order valence-electron chi connectivity index (χ3n) is 0.283. The van der Waals surface area contributed by atoms with Crippen molar-refractivity contribution in [1.29, 1.82) is 0 Å². The zero-order valence-corrected chi connectivity index (χ0v) is 5.05. The third kappa shape index (κ3) is 1.89. The van der Waals surface area contributed by atoms with Gasteiger partial charge in [0.1, 0.15) is 0 Å². The highest BCUT2D eigenvalue weighted by molar-refractivity contribution is 8.45. The topological polar surface area (TPSA) is 118 Å². The molecule has 0 aliphatic heterocycles. The molecule has 50 valence electrons. The Bertz CT molecular complexity index is 203. The van der Waals surface area contributed by atoms with Crippen LogP contribution in [0.25, 0.3) is 0 Å². The molecule has 0 aromatic heterocycles. The van der Waals surface area contributed by atoms with Crippen LogP contribution in [0.5, 0.6) is 0 Å². The fourth-order valence-corrected chi connectivity index (χ4v) is 0. The summed E-state index contributed by atoms with van der Waals surface area (Å²) in [6.45, 7) is -5.82. The highest BCUT2D eigenvalue weighted by Crippen LogP contribution is 2.30. The Labute approximate surface area is 44.8 Å². The second-order valence-corrected chi connectivity index (χ2v) is 5.41. The maximum absolute atomic E-state index is 9.32. The molecule has 0 amide bonds. The van der Waals surface area contributed by atoms with E-state index in [0.717, 1.165) is 0 Å². The molecule has 8 heavy (non-hydrogen) atoms. The van der Waals surface area contributed by atoms with E-state index in [4.69, 9.17) is 4.55 Å². The molecular weight excluding hydrogens is 159 g/mol. The molecule has 6 nitrogen and oxygen atoms in total. The van der Waals surface area contributed by atoms with Crippen LogP contribution in [0.15, 0.2) is 0 Å². The maximum Gasteiger partial charge on any atom is 0.288 e. The Kier molecular flexibility index (Phi) is 1.80. The molecule has 0 aromatic rings. The van der Waals surface area contributed by atoms with Crippen LogP contribution in [0.4, 0.5) is 0 Å². The van der Waals surface area contributed by atoms with Crippen molar-refractivity contribution in [2.24, 2.45) is 0 Å². The summed E-state index contributed by atoms with van der Waals surface area (Å²) in [4.78, 5) is 18.6. The van der Waals surface area contributed by atoms with E-state index in [1.165, 1.54) is 0 Å². The van der Waals surface area contributed by atoms with Gasteiger partial charge in [-0.15, -0.1) is 0 Å². The molecule has 0 rings (SSSR count). The number of rotatable bonds is 1. The molecule has 1 N–H and O–H groups in total. The summed E-state index contributed by atoms with van der Waals surface area (Å²) < 4.78 is 35.4. The van der Waals surface area contributed by atoms with E-state index in [-0.39, 0.29) is 0 Å². The van der Waals surface area contributed by atoms with E-state index in [0.29, 0.717) is 0 Å². The average Bonchev–Trinajstić information content (AvgIpc) is 1.25. The Morgan fingerprint density at radius 3 is 1.50 bits per heavy atom. The first-order valence-corrected chi connectivity index (χ1v) is 4.83. The van der Waals surface area contributed by atoms with Crippen molar-refractivity contribution >= 4 is 16.5 Å². The highest BCUT2D eigenvalue weighted by Gasteiger charge is 2.08. The monoisotopic (exact) mass is 160 g/mol. The van der Waals surface area contributed by atoms with E-state index in [1.807, 2.05) is 0 Å². The fraction of sp³-hybridized carbons (Fsp3) is 0. The van der Waals surface area contributed by atoms with Gasteiger partial charge in [0.15, 0.2) is 0 Å². The number of hydrogen-bond acceptors (Lipinski definition) is 5. The zero-order valence-electron chi connectivity index (χ0n) is 3.34. The summed E-state index contributed by atoms with van der Waals surface area (Å²) in [6.07, 6.45) is 0. The summed E-state index contributed by atoms with van der Waals surface area (Å²) >= 11 is 0. The van der Waals surface area contributed by atoms with Gasteiger partial charge in [-0.3, -0.25) is 4.55 Å². The van der Waals surface area contributed by atoms with Gasteiger partial charge in [0.2, 0.25) is 0 Å². The lowest BCUT2D eigenvalue weighted by Crippen LogP contribution is -2.21. The first-order chi connectivity index (χ1) is 3.25. The largest absolute Gasteiger partial charge is 0.798 e. The van der Waals surface area contributed by atoms with E-state index < -0.39 is 16.5 Å². The molecule has 0 unspecified atom stereocenters. The van der Waals surface area contributed by atoms with Gasteiger partial charge >= 0.3 is 0 Å². The van der Waals surface area contributed by atoms with Crippen molar-refractivity contribution in [2.45, 2.75) is 0 Å². The molecular formula is HO6PS-2. The SMILES string of the molecule is O=P([O-])([O-])S(=O)(=O)O. The molecule has 0 spiro atoms. The van der Waals surface area contributed by atoms with Gasteiger partial charge < -0.3 is 14.4 Å². The van der Waals surface area contributed by atoms with E-state index >= 15 is 0 Å². The molecule has 0 atom stereocenters. The van der Waals surface area contributed by atoms with Crippen LogP contribution < -0.4 is 9.79 Å². The van der Waals surface area contributed by atoms with Crippen LogP contribution >= 0.6 is 6.80 Å². The Morgan fingerprint density at radius 2 is 1.50 bits per heavy atom. The Hall–Kier alpha value is 0.0600. The van der Waals surface area contributed by atoms with Crippen molar-refractivity contribution in [3.63, 3.8) is 0 Å². The summed E-state index contributed by atoms with van der Waals surface area (Å²) in [5.41, 5.74) is 0. The second-order valence-electron chi connectivity index (χ2n) is 0.895. The van der Waals surface area contributed by atoms with Gasteiger partial charge in [-0.25, -0.2) is 0 Å². The summed E-state index contributed by atoms with van der Waals surface area (Å²) in [6, 6.07) is 0. The zero-order chi connectivity index (χ0) is 7.00. The first kappa shape index (κ1) is 8.06. The first-order valence-electron chi connectivity index (χ1n) is 1.25. The van der Waals surface area contributed by atoms with Gasteiger partial charge in [-0.2, -0.15) is 8.42 Å². The summed E-state index contributed by atoms with van der Waals surface area (Å²) in [5, 5.41) is 0. The van der Waals surface area contributed by atoms with Crippen LogP contribution in [0.1, 0.15) is 0 Å². The third-order valence-corrected chi connectivity index (χ3v) is 2.54. The summed E-state index contributed by atoms with van der Waals surface area (Å²) in [5.74, 6) is 0. The van der Waals surface area contributed by atoms with Gasteiger partial charge in [-0.05, 0) is 0 Å². The molecule has 0 fully saturated rings. The standard InChI is InChI=1S/H3O6PS/c1-7(2,3)8(4,5)6/h(H2,1,2,3)(H,4,5,6)/p-2. The quantitative estimate of drug-likeness (QED) is 0.340. The van der Waals surface area contributed by atoms with Crippen molar-refractivity contribution in [1.82, 2.24) is 0 Å². The fourth-order valence-electron chi connectivity index (χ4n) is 0. The van der Waals surface area contributed by atoms with Crippen LogP contribution in [-0.2, 0) is 14.3 Å². The molecule has 0 aliphatic rings. The van der Waals surface area contributed by atoms with Gasteiger partial charge in [-0.1, -0.05) is 0 Å². The van der Waals surface area contributed by atoms with Crippen LogP contribution in [0.3, 0.4) is 0 Å². The molecule has 0 heterocycles. The van der Waals surface area contributed by atoms with Crippen molar-refractivity contribution in [3.05, 3.63) is 0 Å². The van der Waals surface area contributed by atoms with E-state index in [9.17, 15) is 22.8 Å².